The molecule has 0 aliphatic rings. The molecule has 0 spiro atoms. The van der Waals surface area contributed by atoms with Gasteiger partial charge in [0.15, 0.2) is 6.10 Å². The van der Waals surface area contributed by atoms with E-state index < -0.39 is 6.10 Å². The zero-order valence-corrected chi connectivity index (χ0v) is 43.4. The van der Waals surface area contributed by atoms with Crippen LogP contribution in [0.2, 0.25) is 0 Å². The number of esters is 3. The fourth-order valence-electron chi connectivity index (χ4n) is 8.61. The third kappa shape index (κ3) is 49.7. The highest BCUT2D eigenvalue weighted by Crippen LogP contribution is 2.18. The Kier molecular flexibility index (Phi) is 47.1. The minimum absolute atomic E-state index is 0.0641. The molecule has 0 bridgehead atoms. The number of carbonyl (C=O) groups is 3. The van der Waals surface area contributed by atoms with Crippen LogP contribution in [0.15, 0.2) is 0 Å². The Balaban J connectivity index is 4.31. The maximum atomic E-state index is 12.8. The molecule has 0 saturated heterocycles. The van der Waals surface area contributed by atoms with Crippen LogP contribution in [0, 0.1) is 17.8 Å². The number of carbonyl (C=O) groups excluding carboxylic acids is 3. The van der Waals surface area contributed by atoms with E-state index >= 15 is 0 Å². The zero-order chi connectivity index (χ0) is 46.3. The molecule has 1 unspecified atom stereocenters. The smallest absolute Gasteiger partial charge is 0.306 e. The van der Waals surface area contributed by atoms with Crippen molar-refractivity contribution in [2.45, 2.75) is 317 Å². The van der Waals surface area contributed by atoms with Gasteiger partial charge in [0.25, 0.3) is 0 Å². The van der Waals surface area contributed by atoms with Crippen LogP contribution in [-0.2, 0) is 28.6 Å². The predicted molar refractivity (Wildman–Crippen MR) is 270 cm³/mol. The van der Waals surface area contributed by atoms with E-state index in [-0.39, 0.29) is 31.1 Å². The van der Waals surface area contributed by atoms with E-state index in [1.54, 1.807) is 0 Å². The summed E-state index contributed by atoms with van der Waals surface area (Å²) in [6, 6.07) is 0. The minimum atomic E-state index is -0.763. The lowest BCUT2D eigenvalue weighted by Gasteiger charge is -2.18. The zero-order valence-electron chi connectivity index (χ0n) is 43.4. The maximum absolute atomic E-state index is 12.8. The highest BCUT2D eigenvalue weighted by atomic mass is 16.6. The molecule has 0 fully saturated rings. The fourth-order valence-corrected chi connectivity index (χ4v) is 8.61. The number of unbranched alkanes of at least 4 members (excludes halogenated alkanes) is 32. The van der Waals surface area contributed by atoms with Crippen molar-refractivity contribution in [3.63, 3.8) is 0 Å². The van der Waals surface area contributed by atoms with Crippen molar-refractivity contribution in [2.24, 2.45) is 17.8 Å². The quantitative estimate of drug-likeness (QED) is 0.0344. The van der Waals surface area contributed by atoms with E-state index in [2.05, 4.69) is 41.5 Å². The third-order valence-corrected chi connectivity index (χ3v) is 13.3. The highest BCUT2D eigenvalue weighted by molar-refractivity contribution is 5.71. The molecule has 6 heteroatoms. The van der Waals surface area contributed by atoms with Crippen molar-refractivity contribution in [1.82, 2.24) is 0 Å². The largest absolute Gasteiger partial charge is 0.462 e. The molecule has 0 radical (unpaired) electrons. The van der Waals surface area contributed by atoms with Gasteiger partial charge in [-0.3, -0.25) is 14.4 Å². The Morgan fingerprint density at radius 1 is 0.317 bits per heavy atom. The minimum Gasteiger partial charge on any atom is -0.462 e. The third-order valence-electron chi connectivity index (χ3n) is 13.3. The molecule has 0 aliphatic heterocycles. The SMILES string of the molecule is CCC(C)CCCCCCCCCCCCC(=O)OC[C@@H](COC(=O)CCCCCCCCCCCCC(C)C)OC(=O)CCCCCCCCCCCCCCCCCC(C)C. The normalized spacial score (nSPS) is 12.6. The Bertz CT molecular complexity index is 978. The molecule has 0 aromatic rings. The molecule has 0 aromatic carbocycles. The number of hydrogen-bond donors (Lipinski definition) is 0. The molecule has 2 atom stereocenters. The van der Waals surface area contributed by atoms with Gasteiger partial charge in [0.2, 0.25) is 0 Å². The lowest BCUT2D eigenvalue weighted by atomic mass is 9.99. The molecule has 0 aromatic heterocycles. The van der Waals surface area contributed by atoms with E-state index in [1.165, 1.54) is 193 Å². The van der Waals surface area contributed by atoms with Gasteiger partial charge in [0.1, 0.15) is 13.2 Å². The van der Waals surface area contributed by atoms with E-state index in [1.807, 2.05) is 0 Å². The Morgan fingerprint density at radius 2 is 0.556 bits per heavy atom. The molecule has 0 saturated carbocycles. The Hall–Kier alpha value is -1.59. The molecule has 374 valence electrons. The first-order valence-electron chi connectivity index (χ1n) is 28.1. The second kappa shape index (κ2) is 48.3. The first-order valence-corrected chi connectivity index (χ1v) is 28.1. The van der Waals surface area contributed by atoms with E-state index in [9.17, 15) is 14.4 Å². The van der Waals surface area contributed by atoms with Gasteiger partial charge in [-0.15, -0.1) is 0 Å². The van der Waals surface area contributed by atoms with Crippen LogP contribution < -0.4 is 0 Å². The summed E-state index contributed by atoms with van der Waals surface area (Å²) in [5.74, 6) is 1.69. The summed E-state index contributed by atoms with van der Waals surface area (Å²) in [4.78, 5) is 38.1. The molecule has 6 nitrogen and oxygen atoms in total. The Labute approximate surface area is 393 Å². The molecular formula is C57H110O6. The first kappa shape index (κ1) is 61.4. The van der Waals surface area contributed by atoms with Crippen LogP contribution in [-0.4, -0.2) is 37.2 Å². The molecule has 0 rings (SSSR count). The van der Waals surface area contributed by atoms with Crippen LogP contribution in [0.5, 0.6) is 0 Å². The summed E-state index contributed by atoms with van der Waals surface area (Å²) in [5.41, 5.74) is 0. The van der Waals surface area contributed by atoms with E-state index in [0.717, 1.165) is 75.5 Å². The summed E-state index contributed by atoms with van der Waals surface area (Å²) in [6.07, 6.45) is 49.4. The molecule has 0 aliphatic carbocycles. The van der Waals surface area contributed by atoms with Crippen molar-refractivity contribution in [3.8, 4) is 0 Å². The fraction of sp³-hybridized carbons (Fsp3) is 0.947. The van der Waals surface area contributed by atoms with Crippen molar-refractivity contribution in [3.05, 3.63) is 0 Å². The molecule has 0 heterocycles. The molecule has 0 amide bonds. The van der Waals surface area contributed by atoms with Crippen molar-refractivity contribution < 1.29 is 28.6 Å². The summed E-state index contributed by atoms with van der Waals surface area (Å²) in [5, 5.41) is 0. The number of hydrogen-bond acceptors (Lipinski definition) is 6. The van der Waals surface area contributed by atoms with Crippen LogP contribution in [0.25, 0.3) is 0 Å². The van der Waals surface area contributed by atoms with E-state index in [4.69, 9.17) is 14.2 Å². The van der Waals surface area contributed by atoms with Crippen molar-refractivity contribution in [1.29, 1.82) is 0 Å². The van der Waals surface area contributed by atoms with Crippen LogP contribution in [0.1, 0.15) is 311 Å². The van der Waals surface area contributed by atoms with Gasteiger partial charge in [-0.2, -0.15) is 0 Å². The summed E-state index contributed by atoms with van der Waals surface area (Å²) >= 11 is 0. The monoisotopic (exact) mass is 891 g/mol. The Morgan fingerprint density at radius 3 is 0.825 bits per heavy atom. The highest BCUT2D eigenvalue weighted by Gasteiger charge is 2.19. The van der Waals surface area contributed by atoms with Gasteiger partial charge in [0, 0.05) is 19.3 Å². The van der Waals surface area contributed by atoms with Crippen LogP contribution >= 0.6 is 0 Å². The summed E-state index contributed by atoms with van der Waals surface area (Å²) in [6.45, 7) is 13.8. The lowest BCUT2D eigenvalue weighted by Crippen LogP contribution is -2.30. The van der Waals surface area contributed by atoms with Gasteiger partial charge in [-0.05, 0) is 37.0 Å². The number of ether oxygens (including phenoxy) is 3. The van der Waals surface area contributed by atoms with Crippen molar-refractivity contribution in [2.75, 3.05) is 13.2 Å². The molecule has 0 N–H and O–H groups in total. The van der Waals surface area contributed by atoms with Gasteiger partial charge in [-0.1, -0.05) is 273 Å². The second-order valence-electron chi connectivity index (χ2n) is 20.8. The van der Waals surface area contributed by atoms with Crippen LogP contribution in [0.3, 0.4) is 0 Å². The van der Waals surface area contributed by atoms with Gasteiger partial charge in [0.05, 0.1) is 0 Å². The average Bonchev–Trinajstić information content (AvgIpc) is 3.25. The molecule has 63 heavy (non-hydrogen) atoms. The van der Waals surface area contributed by atoms with Crippen molar-refractivity contribution >= 4 is 17.9 Å². The van der Waals surface area contributed by atoms with Crippen LogP contribution in [0.4, 0.5) is 0 Å². The predicted octanol–water partition coefficient (Wildman–Crippen LogP) is 18.3. The summed E-state index contributed by atoms with van der Waals surface area (Å²) in [7, 11) is 0. The van der Waals surface area contributed by atoms with Gasteiger partial charge >= 0.3 is 17.9 Å². The summed E-state index contributed by atoms with van der Waals surface area (Å²) < 4.78 is 16.9. The number of rotatable bonds is 50. The topological polar surface area (TPSA) is 78.9 Å². The van der Waals surface area contributed by atoms with Gasteiger partial charge in [-0.25, -0.2) is 0 Å². The van der Waals surface area contributed by atoms with Gasteiger partial charge < -0.3 is 14.2 Å². The average molecular weight is 892 g/mol. The first-order chi connectivity index (χ1) is 30.6. The van der Waals surface area contributed by atoms with E-state index in [0.29, 0.717) is 19.3 Å². The second-order valence-corrected chi connectivity index (χ2v) is 20.8. The lowest BCUT2D eigenvalue weighted by molar-refractivity contribution is -0.167. The molecular weight excluding hydrogens is 781 g/mol. The maximum Gasteiger partial charge on any atom is 0.306 e. The standard InChI is InChI=1S/C57H110O6/c1-7-53(6)45-39-33-27-21-16-18-23-29-35-41-47-56(59)62-50-54(49-61-55(58)46-40-34-28-22-17-15-20-26-32-38-44-52(4)5)63-57(60)48-42-36-30-24-14-12-10-8-9-11-13-19-25-31-37-43-51(2)3/h51-54H,7-50H2,1-6H3/t53?,54-/m1/s1.